The average Bonchev–Trinajstić information content (AvgIpc) is 2.89. The fourth-order valence-corrected chi connectivity index (χ4v) is 1.99. The second kappa shape index (κ2) is 6.46. The highest BCUT2D eigenvalue weighted by Gasteiger charge is 2.16. The Morgan fingerprint density at radius 2 is 2.19 bits per heavy atom. The molecule has 0 aliphatic heterocycles. The van der Waals surface area contributed by atoms with Gasteiger partial charge in [-0.25, -0.2) is 4.79 Å². The van der Waals surface area contributed by atoms with E-state index < -0.39 is 11.9 Å². The van der Waals surface area contributed by atoms with Crippen LogP contribution in [0.2, 0.25) is 0 Å². The van der Waals surface area contributed by atoms with Gasteiger partial charge in [-0.1, -0.05) is 21.1 Å². The summed E-state index contributed by atoms with van der Waals surface area (Å²) in [5.74, 6) is -1.68. The van der Waals surface area contributed by atoms with Crippen LogP contribution in [0.4, 0.5) is 5.69 Å². The molecule has 0 radical (unpaired) electrons. The van der Waals surface area contributed by atoms with E-state index in [-0.39, 0.29) is 16.9 Å². The Morgan fingerprint density at radius 1 is 1.43 bits per heavy atom. The predicted molar refractivity (Wildman–Crippen MR) is 78.1 cm³/mol. The van der Waals surface area contributed by atoms with Crippen molar-refractivity contribution < 1.29 is 14.7 Å². The molecule has 4 N–H and O–H groups in total. The Balaban J connectivity index is 2.20. The van der Waals surface area contributed by atoms with E-state index in [9.17, 15) is 9.59 Å². The number of aromatic nitrogens is 3. The first-order chi connectivity index (χ1) is 10.0. The molecule has 0 aliphatic carbocycles. The van der Waals surface area contributed by atoms with Gasteiger partial charge >= 0.3 is 5.97 Å². The van der Waals surface area contributed by atoms with E-state index in [4.69, 9.17) is 10.8 Å². The molecular formula is C12H12BrN5O3. The molecule has 0 unspecified atom stereocenters. The van der Waals surface area contributed by atoms with Gasteiger partial charge in [-0.2, -0.15) is 0 Å². The molecule has 0 spiro atoms. The van der Waals surface area contributed by atoms with Crippen molar-refractivity contribution in [1.29, 1.82) is 0 Å². The molecule has 0 aliphatic rings. The van der Waals surface area contributed by atoms with Crippen molar-refractivity contribution in [2.45, 2.75) is 6.54 Å². The first-order valence-electron chi connectivity index (χ1n) is 5.95. The summed E-state index contributed by atoms with van der Waals surface area (Å²) in [6.07, 6.45) is 1.45. The van der Waals surface area contributed by atoms with Crippen molar-refractivity contribution >= 4 is 33.5 Å². The summed E-state index contributed by atoms with van der Waals surface area (Å²) >= 11 is 3.18. The maximum Gasteiger partial charge on any atom is 0.337 e. The monoisotopic (exact) mass is 353 g/mol. The van der Waals surface area contributed by atoms with Crippen LogP contribution in [-0.4, -0.2) is 38.5 Å². The number of carboxylic acids is 1. The largest absolute Gasteiger partial charge is 0.478 e. The van der Waals surface area contributed by atoms with Gasteiger partial charge in [0.05, 0.1) is 24.0 Å². The summed E-state index contributed by atoms with van der Waals surface area (Å²) < 4.78 is 2.04. The summed E-state index contributed by atoms with van der Waals surface area (Å²) in [4.78, 5) is 23.2. The zero-order valence-electron chi connectivity index (χ0n) is 10.8. The number of nitrogens with one attached hydrogen (secondary N) is 1. The Hall–Kier alpha value is -2.26. The summed E-state index contributed by atoms with van der Waals surface area (Å²) in [7, 11) is 0. The Bertz CT molecular complexity index is 685. The molecule has 0 saturated heterocycles. The fraction of sp³-hybridized carbons (Fsp3) is 0.167. The average molecular weight is 354 g/mol. The Morgan fingerprint density at radius 3 is 2.86 bits per heavy atom. The van der Waals surface area contributed by atoms with Crippen molar-refractivity contribution in [2.24, 2.45) is 5.73 Å². The maximum atomic E-state index is 12.0. The van der Waals surface area contributed by atoms with Crippen molar-refractivity contribution in [1.82, 2.24) is 15.0 Å². The third-order valence-electron chi connectivity index (χ3n) is 2.59. The number of nitrogens with two attached hydrogens (primary N) is 1. The lowest BCUT2D eigenvalue weighted by molar-refractivity contribution is 0.0698. The number of amides is 1. The summed E-state index contributed by atoms with van der Waals surface area (Å²) in [6.45, 7) is 0.819. The zero-order valence-corrected chi connectivity index (χ0v) is 12.4. The minimum Gasteiger partial charge on any atom is -0.478 e. The van der Waals surface area contributed by atoms with E-state index in [1.807, 2.05) is 0 Å². The van der Waals surface area contributed by atoms with Crippen LogP contribution in [-0.2, 0) is 6.54 Å². The number of anilines is 1. The molecule has 0 atom stereocenters. The molecule has 1 aromatic carbocycles. The van der Waals surface area contributed by atoms with E-state index in [0.717, 1.165) is 0 Å². The first-order valence-corrected chi connectivity index (χ1v) is 6.75. The molecule has 2 aromatic rings. The van der Waals surface area contributed by atoms with Gasteiger partial charge < -0.3 is 16.2 Å². The van der Waals surface area contributed by atoms with Crippen LogP contribution in [0.5, 0.6) is 0 Å². The van der Waals surface area contributed by atoms with Gasteiger partial charge in [0, 0.05) is 11.0 Å². The predicted octanol–water partition coefficient (Wildman–Crippen LogP) is 0.950. The number of aromatic carboxylic acids is 1. The fourth-order valence-electron chi connectivity index (χ4n) is 1.63. The summed E-state index contributed by atoms with van der Waals surface area (Å²) in [6, 6.07) is 4.53. The lowest BCUT2D eigenvalue weighted by atomic mass is 10.2. The molecule has 110 valence electrons. The van der Waals surface area contributed by atoms with Gasteiger partial charge in [-0.05, 0) is 18.2 Å². The number of nitrogens with zero attached hydrogens (tertiary/aromatic N) is 3. The molecule has 0 saturated carbocycles. The second-order valence-corrected chi connectivity index (χ2v) is 5.02. The van der Waals surface area contributed by atoms with Crippen molar-refractivity contribution in [3.63, 3.8) is 0 Å². The quantitative estimate of drug-likeness (QED) is 0.735. The number of rotatable bonds is 5. The lowest BCUT2D eigenvalue weighted by Crippen LogP contribution is -2.15. The summed E-state index contributed by atoms with van der Waals surface area (Å²) in [5, 5.41) is 19.1. The second-order valence-electron chi connectivity index (χ2n) is 4.10. The van der Waals surface area contributed by atoms with Crippen LogP contribution in [0.25, 0.3) is 0 Å². The highest BCUT2D eigenvalue weighted by Crippen LogP contribution is 2.21. The van der Waals surface area contributed by atoms with E-state index >= 15 is 0 Å². The molecule has 8 nitrogen and oxygen atoms in total. The third-order valence-corrected chi connectivity index (χ3v) is 3.08. The van der Waals surface area contributed by atoms with Crippen molar-refractivity contribution in [3.05, 3.63) is 40.1 Å². The number of hydrogen-bond donors (Lipinski definition) is 3. The van der Waals surface area contributed by atoms with Gasteiger partial charge in [0.1, 0.15) is 0 Å². The Labute approximate surface area is 128 Å². The van der Waals surface area contributed by atoms with Crippen LogP contribution in [0.3, 0.4) is 0 Å². The Kier molecular flexibility index (Phi) is 4.66. The van der Waals surface area contributed by atoms with Crippen LogP contribution < -0.4 is 11.1 Å². The van der Waals surface area contributed by atoms with Gasteiger partial charge in [-0.3, -0.25) is 9.48 Å². The van der Waals surface area contributed by atoms with E-state index in [2.05, 4.69) is 31.6 Å². The molecule has 0 fully saturated rings. The minimum atomic E-state index is -1.14. The molecule has 9 heteroatoms. The number of carbonyl (C=O) groups excluding carboxylic acids is 1. The normalized spacial score (nSPS) is 10.4. The summed E-state index contributed by atoms with van der Waals surface area (Å²) in [5.41, 5.74) is 5.63. The van der Waals surface area contributed by atoms with E-state index in [0.29, 0.717) is 17.6 Å². The van der Waals surface area contributed by atoms with Gasteiger partial charge in [-0.15, -0.1) is 5.10 Å². The van der Waals surface area contributed by atoms with E-state index in [1.165, 1.54) is 23.0 Å². The first kappa shape index (κ1) is 15.1. The van der Waals surface area contributed by atoms with Crippen LogP contribution in [0.15, 0.2) is 28.9 Å². The lowest BCUT2D eigenvalue weighted by Gasteiger charge is -2.07. The molecule has 1 heterocycles. The highest BCUT2D eigenvalue weighted by molar-refractivity contribution is 9.10. The van der Waals surface area contributed by atoms with Gasteiger partial charge in [0.15, 0.2) is 5.69 Å². The third kappa shape index (κ3) is 3.64. The number of benzene rings is 1. The number of carbonyl (C=O) groups is 2. The smallest absolute Gasteiger partial charge is 0.337 e. The zero-order chi connectivity index (χ0) is 15.4. The van der Waals surface area contributed by atoms with Gasteiger partial charge in [0.25, 0.3) is 5.91 Å². The number of hydrogen-bond acceptors (Lipinski definition) is 5. The highest BCUT2D eigenvalue weighted by atomic mass is 79.9. The molecule has 2 rings (SSSR count). The van der Waals surface area contributed by atoms with Crippen LogP contribution >= 0.6 is 15.9 Å². The molecular weight excluding hydrogens is 342 g/mol. The van der Waals surface area contributed by atoms with Gasteiger partial charge in [0.2, 0.25) is 0 Å². The van der Waals surface area contributed by atoms with Crippen molar-refractivity contribution in [3.8, 4) is 0 Å². The molecule has 1 amide bonds. The minimum absolute atomic E-state index is 0.0212. The number of halogens is 1. The topological polar surface area (TPSA) is 123 Å². The standard InChI is InChI=1S/C12H12BrN5O3/c13-7-1-2-9(8(5-7)12(20)21)15-11(19)10-6-18(4-3-14)17-16-10/h1-2,5-6H,3-4,14H2,(H,15,19)(H,20,21). The SMILES string of the molecule is NCCn1cc(C(=O)Nc2ccc(Br)cc2C(=O)O)nn1. The molecule has 21 heavy (non-hydrogen) atoms. The maximum absolute atomic E-state index is 12.0. The van der Waals surface area contributed by atoms with Crippen molar-refractivity contribution in [2.75, 3.05) is 11.9 Å². The van der Waals surface area contributed by atoms with Crippen LogP contribution in [0, 0.1) is 0 Å². The molecule has 1 aromatic heterocycles. The molecule has 0 bridgehead atoms. The number of carboxylic acid groups (broad SMARTS) is 1. The van der Waals surface area contributed by atoms with E-state index in [1.54, 1.807) is 6.07 Å². The van der Waals surface area contributed by atoms with Crippen LogP contribution in [0.1, 0.15) is 20.8 Å².